The zero-order valence-electron chi connectivity index (χ0n) is 15.9. The minimum atomic E-state index is -4.95. The summed E-state index contributed by atoms with van der Waals surface area (Å²) in [6.45, 7) is 0. The molecule has 2 aromatic heterocycles. The van der Waals surface area contributed by atoms with Crippen molar-refractivity contribution in [2.45, 2.75) is 12.4 Å². The van der Waals surface area contributed by atoms with E-state index >= 15 is 0 Å². The molecule has 0 radical (unpaired) electrons. The van der Waals surface area contributed by atoms with E-state index in [1.54, 1.807) is 30.3 Å². The smallest absolute Gasteiger partial charge is 0.297 e. The zero-order chi connectivity index (χ0) is 23.1. The lowest BCUT2D eigenvalue weighted by Crippen LogP contribution is -2.11. The second-order valence-electron chi connectivity index (χ2n) is 6.84. The van der Waals surface area contributed by atoms with Crippen LogP contribution < -0.4 is 0 Å². The average molecular weight is 468 g/mol. The number of benzene rings is 2. The van der Waals surface area contributed by atoms with Gasteiger partial charge in [0.2, 0.25) is 0 Å². The Morgan fingerprint density at radius 1 is 0.719 bits per heavy atom. The number of hydrogen-bond donors (Lipinski definition) is 0. The summed E-state index contributed by atoms with van der Waals surface area (Å²) in [5, 5.41) is 0.510. The Kier molecular flexibility index (Phi) is 5.46. The summed E-state index contributed by atoms with van der Waals surface area (Å²) in [4.78, 5) is 8.02. The van der Waals surface area contributed by atoms with E-state index in [4.69, 9.17) is 11.6 Å². The molecular weight excluding hydrogens is 456 g/mol. The van der Waals surface area contributed by atoms with Crippen LogP contribution in [0.2, 0.25) is 5.02 Å². The summed E-state index contributed by atoms with van der Waals surface area (Å²) in [6.07, 6.45) is -4.43. The van der Waals surface area contributed by atoms with Crippen LogP contribution in [0.4, 0.5) is 26.3 Å². The van der Waals surface area contributed by atoms with Crippen LogP contribution in [0.15, 0.2) is 73.4 Å². The van der Waals surface area contributed by atoms with Gasteiger partial charge in [-0.15, -0.1) is 0 Å². The van der Waals surface area contributed by atoms with Crippen LogP contribution in [0.1, 0.15) is 11.1 Å². The summed E-state index contributed by atoms with van der Waals surface area (Å²) in [7, 11) is 0. The molecule has 164 valence electrons. The Hall–Kier alpha value is -3.33. The third-order valence-corrected chi connectivity index (χ3v) is 4.99. The van der Waals surface area contributed by atoms with Crippen molar-refractivity contribution in [1.29, 1.82) is 0 Å². The highest BCUT2D eigenvalue weighted by Crippen LogP contribution is 2.39. The molecule has 0 amide bonds. The number of rotatable bonds is 3. The number of imidazole rings is 1. The molecule has 0 aliphatic carbocycles. The largest absolute Gasteiger partial charge is 0.416 e. The number of pyridine rings is 1. The molecule has 0 atom stereocenters. The van der Waals surface area contributed by atoms with Crippen LogP contribution in [-0.4, -0.2) is 14.5 Å². The van der Waals surface area contributed by atoms with Crippen molar-refractivity contribution in [2.24, 2.45) is 0 Å². The van der Waals surface area contributed by atoms with Gasteiger partial charge < -0.3 is 0 Å². The van der Waals surface area contributed by atoms with Gasteiger partial charge in [-0.3, -0.25) is 9.55 Å². The summed E-state index contributed by atoms with van der Waals surface area (Å²) >= 11 is 5.94. The van der Waals surface area contributed by atoms with Crippen molar-refractivity contribution in [3.8, 4) is 28.1 Å². The molecular formula is C22H12ClF6N3. The maximum Gasteiger partial charge on any atom is 0.416 e. The van der Waals surface area contributed by atoms with Crippen LogP contribution >= 0.6 is 11.6 Å². The van der Waals surface area contributed by atoms with Gasteiger partial charge in [0.15, 0.2) is 0 Å². The van der Waals surface area contributed by atoms with E-state index in [9.17, 15) is 26.3 Å². The Morgan fingerprint density at radius 2 is 1.34 bits per heavy atom. The van der Waals surface area contributed by atoms with Crippen molar-refractivity contribution in [3.63, 3.8) is 0 Å². The Labute approximate surface area is 182 Å². The molecule has 0 unspecified atom stereocenters. The number of aromatic nitrogens is 3. The van der Waals surface area contributed by atoms with Gasteiger partial charge in [0.25, 0.3) is 0 Å². The van der Waals surface area contributed by atoms with Gasteiger partial charge in [-0.2, -0.15) is 26.3 Å². The Morgan fingerprint density at radius 3 is 1.94 bits per heavy atom. The van der Waals surface area contributed by atoms with E-state index in [2.05, 4.69) is 9.97 Å². The first-order valence-corrected chi connectivity index (χ1v) is 9.44. The highest BCUT2D eigenvalue weighted by molar-refractivity contribution is 6.30. The summed E-state index contributed by atoms with van der Waals surface area (Å²) in [5.41, 5.74) is -1.25. The lowest BCUT2D eigenvalue weighted by atomic mass is 10.0. The molecule has 0 saturated heterocycles. The summed E-state index contributed by atoms with van der Waals surface area (Å²) in [6, 6.07) is 9.91. The molecule has 0 aliphatic rings. The van der Waals surface area contributed by atoms with Crippen molar-refractivity contribution in [3.05, 3.63) is 89.6 Å². The van der Waals surface area contributed by atoms with Crippen molar-refractivity contribution >= 4 is 11.6 Å². The minimum absolute atomic E-state index is 0.0461. The maximum atomic E-state index is 13.3. The van der Waals surface area contributed by atoms with Gasteiger partial charge in [-0.1, -0.05) is 23.7 Å². The molecule has 10 heteroatoms. The molecule has 0 spiro atoms. The zero-order valence-corrected chi connectivity index (χ0v) is 16.7. The summed E-state index contributed by atoms with van der Waals surface area (Å²) < 4.78 is 81.2. The van der Waals surface area contributed by atoms with Crippen LogP contribution in [0.25, 0.3) is 28.1 Å². The van der Waals surface area contributed by atoms with Crippen LogP contribution in [0.3, 0.4) is 0 Å². The van der Waals surface area contributed by atoms with Gasteiger partial charge >= 0.3 is 12.4 Å². The topological polar surface area (TPSA) is 30.7 Å². The third kappa shape index (κ3) is 4.34. The fourth-order valence-electron chi connectivity index (χ4n) is 3.26. The van der Waals surface area contributed by atoms with E-state index in [0.29, 0.717) is 28.4 Å². The predicted molar refractivity (Wildman–Crippen MR) is 107 cm³/mol. The fraction of sp³-hybridized carbons (Fsp3) is 0.0909. The molecule has 0 fully saturated rings. The molecule has 2 heterocycles. The number of nitrogens with zero attached hydrogens (tertiary/aromatic N) is 3. The monoisotopic (exact) mass is 467 g/mol. The lowest BCUT2D eigenvalue weighted by Gasteiger charge is -2.16. The molecule has 32 heavy (non-hydrogen) atoms. The van der Waals surface area contributed by atoms with Crippen molar-refractivity contribution in [1.82, 2.24) is 14.5 Å². The lowest BCUT2D eigenvalue weighted by molar-refractivity contribution is -0.143. The maximum absolute atomic E-state index is 13.3. The van der Waals surface area contributed by atoms with Crippen molar-refractivity contribution in [2.75, 3.05) is 0 Å². The van der Waals surface area contributed by atoms with Gasteiger partial charge in [0.05, 0.1) is 41.2 Å². The first-order chi connectivity index (χ1) is 15.0. The van der Waals surface area contributed by atoms with Crippen LogP contribution in [0.5, 0.6) is 0 Å². The van der Waals surface area contributed by atoms with E-state index in [0.717, 1.165) is 5.56 Å². The second-order valence-corrected chi connectivity index (χ2v) is 7.28. The van der Waals surface area contributed by atoms with E-state index in [-0.39, 0.29) is 17.3 Å². The molecule has 0 saturated carbocycles. The molecule has 0 bridgehead atoms. The fourth-order valence-corrected chi connectivity index (χ4v) is 3.38. The molecule has 0 aliphatic heterocycles. The first-order valence-electron chi connectivity index (χ1n) is 9.06. The number of hydrogen-bond acceptors (Lipinski definition) is 2. The standard InChI is InChI=1S/C22H12ClF6N3/c23-17-3-1-13(2-4-17)18-5-6-30-11-20(18)32-12-31-10-19(32)14-7-15(21(24,25)26)9-16(8-14)22(27,28)29/h1-12H. The number of alkyl halides is 6. The average Bonchev–Trinajstić information content (AvgIpc) is 3.22. The normalized spacial score (nSPS) is 12.2. The molecule has 4 aromatic rings. The Bertz CT molecular complexity index is 1230. The highest BCUT2D eigenvalue weighted by Gasteiger charge is 2.37. The van der Waals surface area contributed by atoms with E-state index < -0.39 is 23.5 Å². The quantitative estimate of drug-likeness (QED) is 0.296. The molecule has 2 aromatic carbocycles. The third-order valence-electron chi connectivity index (χ3n) is 4.74. The van der Waals surface area contributed by atoms with Crippen LogP contribution in [-0.2, 0) is 12.4 Å². The number of halogens is 7. The highest BCUT2D eigenvalue weighted by atomic mass is 35.5. The molecule has 0 N–H and O–H groups in total. The minimum Gasteiger partial charge on any atom is -0.297 e. The van der Waals surface area contributed by atoms with Gasteiger partial charge in [-0.25, -0.2) is 4.98 Å². The van der Waals surface area contributed by atoms with Crippen molar-refractivity contribution < 1.29 is 26.3 Å². The predicted octanol–water partition coefficient (Wildman–Crippen LogP) is 7.29. The van der Waals surface area contributed by atoms with Gasteiger partial charge in [0, 0.05) is 22.3 Å². The summed E-state index contributed by atoms with van der Waals surface area (Å²) in [5.74, 6) is 0. The van der Waals surface area contributed by atoms with Gasteiger partial charge in [0.1, 0.15) is 0 Å². The first kappa shape index (κ1) is 21.9. The van der Waals surface area contributed by atoms with Crippen LogP contribution in [0, 0.1) is 0 Å². The Balaban J connectivity index is 1.91. The SMILES string of the molecule is FC(F)(F)c1cc(-c2cncn2-c2cnccc2-c2ccc(Cl)cc2)cc(C(F)(F)F)c1. The molecule has 4 rings (SSSR count). The molecule has 3 nitrogen and oxygen atoms in total. The van der Waals surface area contributed by atoms with E-state index in [1.807, 2.05) is 0 Å². The second kappa shape index (κ2) is 7.98. The van der Waals surface area contributed by atoms with E-state index in [1.165, 1.54) is 29.5 Å². The van der Waals surface area contributed by atoms with Gasteiger partial charge in [-0.05, 0) is 42.0 Å².